The summed E-state index contributed by atoms with van der Waals surface area (Å²) in [7, 11) is 7.48. The summed E-state index contributed by atoms with van der Waals surface area (Å²) in [6.45, 7) is 19.5. The fraction of sp³-hybridized carbons (Fsp3) is 0.275. The third-order valence-electron chi connectivity index (χ3n) is 7.57. The van der Waals surface area contributed by atoms with Crippen molar-refractivity contribution in [1.82, 2.24) is 92.3 Å². The van der Waals surface area contributed by atoms with E-state index in [4.69, 9.17) is 8.83 Å². The van der Waals surface area contributed by atoms with Crippen LogP contribution in [0.3, 0.4) is 0 Å². The normalized spacial score (nSPS) is 8.89. The molecular weight excluding hydrogens is 1120 g/mol. The molecule has 13 heterocycles. The first-order valence-electron chi connectivity index (χ1n) is 23.2. The predicted octanol–water partition coefficient (Wildman–Crippen LogP) is 12.4. The Kier molecular flexibility index (Phi) is 40.4. The smallest absolute Gasteiger partial charge is 0.191 e. The summed E-state index contributed by atoms with van der Waals surface area (Å²) in [5, 5.41) is 27.3. The highest BCUT2D eigenvalue weighted by atomic mass is 32.1. The number of hydrogen-bond acceptors (Lipinski definition) is 24. The number of aryl methyl sites for hydroxylation is 14. The zero-order valence-electron chi connectivity index (χ0n) is 46.8. The molecular formula is C51H69N19O3S6. The Labute approximate surface area is 486 Å². The first-order chi connectivity index (χ1) is 38.0. The Hall–Kier alpha value is -7.89. The topological polar surface area (TPSA) is 252 Å². The minimum atomic E-state index is 0.734. The lowest BCUT2D eigenvalue weighted by atomic mass is 10.5. The fourth-order valence-electron chi connectivity index (χ4n) is 3.88. The zero-order valence-corrected chi connectivity index (χ0v) is 51.7. The van der Waals surface area contributed by atoms with Crippen LogP contribution in [0.4, 0.5) is 0 Å². The Bertz CT molecular complexity index is 2360. The third-order valence-corrected chi connectivity index (χ3v) is 11.7. The van der Waals surface area contributed by atoms with E-state index < -0.39 is 0 Å². The van der Waals surface area contributed by atoms with Crippen molar-refractivity contribution in [1.29, 1.82) is 0 Å². The standard InChI is InChI=1S/C5H7NO.2C4H6N2.2C4H5NO.6C4H5NS.2C3H5N3/c1-4-3-6-5(2)7-4;1-6-3-2-5-4-6;1-6-4-2-3-5-6;1-4-2-5-3-6-4;1-4-2-3-6-5-4;1-4-2-6-3-5-4;1-4-2-5-3-6-4;1-4-2-5-6-3-4;1-4-5-2-3-6-4;1-4-2-3-6-5-4;1-4-2-3-5-6-4;1-6-3-4-2-5-6;1-6-3-2-4-5-6/h3H,1-2H3;2*2-4H,1H3;10*2-3H,1H3. The number of imidazole rings is 1. The highest BCUT2D eigenvalue weighted by Crippen LogP contribution is 2.01. The van der Waals surface area contributed by atoms with E-state index in [0.717, 1.165) is 39.5 Å². The zero-order chi connectivity index (χ0) is 58.1. The minimum absolute atomic E-state index is 0.734. The SMILES string of the molecule is Cc1ccns1.Cc1ccon1.Cc1ccsn1.Cc1cnc(C)o1.Cc1cnco1.Cc1cncs1.Cc1cnsc1.Cc1cscn1.Cc1nccs1.Cn1cccn1.Cn1ccnc1.Cn1ccnn1.Cn1cncn1. The van der Waals surface area contributed by atoms with E-state index in [0.29, 0.717) is 0 Å². The molecule has 79 heavy (non-hydrogen) atoms. The summed E-state index contributed by atoms with van der Waals surface area (Å²) in [5.74, 6) is 2.46. The van der Waals surface area contributed by atoms with Gasteiger partial charge in [-0.25, -0.2) is 28.7 Å². The van der Waals surface area contributed by atoms with Gasteiger partial charge in [0.1, 0.15) is 30.4 Å². The molecule has 0 aliphatic rings. The molecule has 28 heteroatoms. The summed E-state index contributed by atoms with van der Waals surface area (Å²) < 4.78 is 32.8. The second-order valence-corrected chi connectivity index (χ2v) is 20.3. The molecule has 0 N–H and O–H groups in total. The predicted molar refractivity (Wildman–Crippen MR) is 318 cm³/mol. The van der Waals surface area contributed by atoms with Crippen molar-refractivity contribution in [3.05, 3.63) is 218 Å². The van der Waals surface area contributed by atoms with Gasteiger partial charge >= 0.3 is 0 Å². The Morgan fingerprint density at radius 2 is 1.38 bits per heavy atom. The molecule has 13 rings (SSSR count). The number of nitrogens with zero attached hydrogens (tertiary/aromatic N) is 19. The van der Waals surface area contributed by atoms with Gasteiger partial charge in [0.2, 0.25) is 0 Å². The monoisotopic (exact) mass is 1190 g/mol. The number of aromatic nitrogens is 19. The van der Waals surface area contributed by atoms with Crippen molar-refractivity contribution < 1.29 is 13.4 Å². The molecule has 22 nitrogen and oxygen atoms in total. The molecule has 0 aliphatic carbocycles. The second-order valence-electron chi connectivity index (χ2n) is 15.1. The largest absolute Gasteiger partial charge is 0.449 e. The molecule has 0 radical (unpaired) electrons. The van der Waals surface area contributed by atoms with Crippen LogP contribution in [0.25, 0.3) is 0 Å². The summed E-state index contributed by atoms with van der Waals surface area (Å²) in [6.07, 6.45) is 29.2. The van der Waals surface area contributed by atoms with E-state index in [1.165, 1.54) is 62.6 Å². The van der Waals surface area contributed by atoms with Gasteiger partial charge in [-0.15, -0.1) is 39.1 Å². The van der Waals surface area contributed by atoms with E-state index in [-0.39, 0.29) is 0 Å². The van der Waals surface area contributed by atoms with Crippen molar-refractivity contribution in [2.24, 2.45) is 28.2 Å². The van der Waals surface area contributed by atoms with Gasteiger partial charge in [-0.05, 0) is 121 Å². The number of rotatable bonds is 0. The van der Waals surface area contributed by atoms with Crippen LogP contribution >= 0.6 is 68.6 Å². The molecule has 422 valence electrons. The summed E-state index contributed by atoms with van der Waals surface area (Å²) >= 11 is 9.47. The lowest BCUT2D eigenvalue weighted by molar-refractivity contribution is 0.415. The van der Waals surface area contributed by atoms with Crippen LogP contribution in [0, 0.1) is 69.2 Å². The fourth-order valence-corrected chi connectivity index (χ4v) is 6.75. The number of thiazole rings is 3. The highest BCUT2D eigenvalue weighted by molar-refractivity contribution is 7.09. The molecule has 0 amide bonds. The summed E-state index contributed by atoms with van der Waals surface area (Å²) in [6, 6.07) is 7.68. The van der Waals surface area contributed by atoms with Crippen LogP contribution in [-0.4, -0.2) is 92.3 Å². The molecule has 0 bridgehead atoms. The third kappa shape index (κ3) is 44.9. The van der Waals surface area contributed by atoms with Crippen LogP contribution in [0.2, 0.25) is 0 Å². The van der Waals surface area contributed by atoms with Crippen molar-refractivity contribution in [2.45, 2.75) is 69.2 Å². The number of oxazole rings is 2. The molecule has 0 unspecified atom stereocenters. The van der Waals surface area contributed by atoms with Gasteiger partial charge in [-0.1, -0.05) is 10.4 Å². The van der Waals surface area contributed by atoms with Crippen molar-refractivity contribution in [3.63, 3.8) is 0 Å². The van der Waals surface area contributed by atoms with Gasteiger partial charge in [0.25, 0.3) is 0 Å². The first-order valence-corrected chi connectivity index (χ1v) is 28.4. The molecule has 0 fully saturated rings. The van der Waals surface area contributed by atoms with Crippen LogP contribution in [0.15, 0.2) is 176 Å². The molecule has 0 aliphatic heterocycles. The van der Waals surface area contributed by atoms with E-state index in [9.17, 15) is 0 Å². The van der Waals surface area contributed by atoms with E-state index >= 15 is 0 Å². The summed E-state index contributed by atoms with van der Waals surface area (Å²) in [5.41, 5.74) is 8.06. The van der Waals surface area contributed by atoms with E-state index in [2.05, 4.69) is 78.2 Å². The van der Waals surface area contributed by atoms with Crippen molar-refractivity contribution in [2.75, 3.05) is 0 Å². The van der Waals surface area contributed by atoms with Gasteiger partial charge in [0.05, 0.1) is 52.3 Å². The minimum Gasteiger partial charge on any atom is -0.449 e. The molecule has 0 aromatic carbocycles. The van der Waals surface area contributed by atoms with Gasteiger partial charge < -0.3 is 17.9 Å². The Balaban J connectivity index is 0.000000428. The molecule has 0 saturated carbocycles. The second kappa shape index (κ2) is 46.2. The van der Waals surface area contributed by atoms with E-state index in [1.54, 1.807) is 123 Å². The van der Waals surface area contributed by atoms with Gasteiger partial charge in [0, 0.05) is 134 Å². The molecule has 0 atom stereocenters. The quantitative estimate of drug-likeness (QED) is 0.137. The molecule has 0 saturated heterocycles. The lowest BCUT2D eigenvalue weighted by Gasteiger charge is -1.77. The van der Waals surface area contributed by atoms with Crippen molar-refractivity contribution in [3.8, 4) is 0 Å². The molecule has 13 aromatic heterocycles. The maximum atomic E-state index is 4.97. The number of hydrogen-bond donors (Lipinski definition) is 0. The average molecular weight is 1190 g/mol. The maximum Gasteiger partial charge on any atom is 0.191 e. The van der Waals surface area contributed by atoms with Crippen LogP contribution in [0.5, 0.6) is 0 Å². The Morgan fingerprint density at radius 1 is 0.557 bits per heavy atom. The lowest BCUT2D eigenvalue weighted by Crippen LogP contribution is -1.85. The maximum absolute atomic E-state index is 4.97. The average Bonchev–Trinajstić information content (AvgIpc) is 4.21. The van der Waals surface area contributed by atoms with Gasteiger partial charge in [-0.3, -0.25) is 29.0 Å². The van der Waals surface area contributed by atoms with Gasteiger partial charge in [-0.2, -0.15) is 14.6 Å². The van der Waals surface area contributed by atoms with Crippen molar-refractivity contribution >= 4 is 68.6 Å². The van der Waals surface area contributed by atoms with Gasteiger partial charge in [0.15, 0.2) is 12.3 Å². The molecule has 13 aromatic rings. The van der Waals surface area contributed by atoms with Crippen LogP contribution in [-0.2, 0) is 28.2 Å². The Morgan fingerprint density at radius 3 is 1.54 bits per heavy atom. The van der Waals surface area contributed by atoms with Crippen LogP contribution in [0.1, 0.15) is 54.8 Å². The summed E-state index contributed by atoms with van der Waals surface area (Å²) in [4.78, 5) is 29.2. The molecule has 0 spiro atoms. The van der Waals surface area contributed by atoms with E-state index in [1.807, 2.05) is 178 Å². The van der Waals surface area contributed by atoms with Crippen LogP contribution < -0.4 is 0 Å². The highest BCUT2D eigenvalue weighted by Gasteiger charge is 1.88. The first kappa shape index (κ1) is 69.1.